The number of hydrogen-bond donors (Lipinski definition) is 3. The van der Waals surface area contributed by atoms with Gasteiger partial charge in [-0.3, -0.25) is 4.79 Å². The number of halogens is 3. The number of guanidine groups is 1. The van der Waals surface area contributed by atoms with E-state index in [4.69, 9.17) is 5.73 Å². The molecule has 0 fully saturated rings. The lowest BCUT2D eigenvalue weighted by molar-refractivity contribution is -0.137. The molecule has 0 saturated carbocycles. The molecule has 1 amide bonds. The van der Waals surface area contributed by atoms with Crippen LogP contribution < -0.4 is 16.4 Å². The number of nitrogens with one attached hydrogen (secondary N) is 2. The van der Waals surface area contributed by atoms with Gasteiger partial charge in [-0.2, -0.15) is 13.2 Å². The molecular formula is C15H19F3N4O. The van der Waals surface area contributed by atoms with E-state index in [0.29, 0.717) is 0 Å². The fourth-order valence-electron chi connectivity index (χ4n) is 2.49. The average molecular weight is 328 g/mol. The zero-order valence-electron chi connectivity index (χ0n) is 12.5. The first-order chi connectivity index (χ1) is 10.8. The third-order valence-corrected chi connectivity index (χ3v) is 3.54. The number of carbonyl (C=O) groups excluding carboxylic acids is 1. The summed E-state index contributed by atoms with van der Waals surface area (Å²) in [6.45, 7) is -1.83. The van der Waals surface area contributed by atoms with Crippen LogP contribution in [0.2, 0.25) is 0 Å². The van der Waals surface area contributed by atoms with E-state index >= 15 is 0 Å². The molecule has 0 atom stereocenters. The Hall–Kier alpha value is -2.25. The van der Waals surface area contributed by atoms with Crippen molar-refractivity contribution in [1.82, 2.24) is 5.32 Å². The predicted molar refractivity (Wildman–Crippen MR) is 82.3 cm³/mol. The minimum atomic E-state index is -4.44. The second kappa shape index (κ2) is 7.34. The zero-order chi connectivity index (χ0) is 16.9. The number of amides is 1. The van der Waals surface area contributed by atoms with E-state index in [1.54, 1.807) is 5.32 Å². The largest absolute Gasteiger partial charge is 0.405 e. The number of carbonyl (C=O) groups is 1. The molecule has 5 nitrogen and oxygen atoms in total. The second-order valence-electron chi connectivity index (χ2n) is 5.37. The number of nitrogens with two attached hydrogens (primary N) is 1. The van der Waals surface area contributed by atoms with Gasteiger partial charge in [0.25, 0.3) is 0 Å². The molecule has 0 radical (unpaired) electrons. The summed E-state index contributed by atoms with van der Waals surface area (Å²) in [7, 11) is 0. The highest BCUT2D eigenvalue weighted by Crippen LogP contribution is 2.27. The van der Waals surface area contributed by atoms with Crippen molar-refractivity contribution in [3.05, 3.63) is 29.3 Å². The summed E-state index contributed by atoms with van der Waals surface area (Å²) in [6, 6.07) is 5.85. The van der Waals surface area contributed by atoms with Crippen LogP contribution in [0.15, 0.2) is 23.2 Å². The van der Waals surface area contributed by atoms with E-state index in [-0.39, 0.29) is 5.96 Å². The molecule has 0 bridgehead atoms. The van der Waals surface area contributed by atoms with Crippen LogP contribution in [-0.4, -0.2) is 31.1 Å². The monoisotopic (exact) mass is 328 g/mol. The molecule has 1 aromatic rings. The molecule has 1 aliphatic rings. The molecule has 0 unspecified atom stereocenters. The number of aryl methyl sites for hydroxylation is 1. The minimum Gasteiger partial charge on any atom is -0.370 e. The molecule has 8 heteroatoms. The van der Waals surface area contributed by atoms with Crippen LogP contribution in [0.5, 0.6) is 0 Å². The van der Waals surface area contributed by atoms with Gasteiger partial charge in [0.2, 0.25) is 5.91 Å². The fourth-order valence-corrected chi connectivity index (χ4v) is 2.49. The lowest BCUT2D eigenvalue weighted by Gasteiger charge is -2.19. The second-order valence-corrected chi connectivity index (χ2v) is 5.37. The van der Waals surface area contributed by atoms with Crippen LogP contribution >= 0.6 is 0 Å². The average Bonchev–Trinajstić information content (AvgIpc) is 2.50. The van der Waals surface area contributed by atoms with Crippen LogP contribution in [0.4, 0.5) is 18.9 Å². The Labute approximate surface area is 132 Å². The summed E-state index contributed by atoms with van der Waals surface area (Å²) in [5.74, 6) is -0.826. The topological polar surface area (TPSA) is 79.5 Å². The quantitative estimate of drug-likeness (QED) is 0.584. The highest BCUT2D eigenvalue weighted by molar-refractivity contribution is 5.94. The smallest absolute Gasteiger partial charge is 0.370 e. The molecule has 1 aromatic carbocycles. The third kappa shape index (κ3) is 5.46. The summed E-state index contributed by atoms with van der Waals surface area (Å²) < 4.78 is 35.9. The maximum absolute atomic E-state index is 12.0. The van der Waals surface area contributed by atoms with E-state index < -0.39 is 25.2 Å². The number of nitrogens with zero attached hydrogens (tertiary/aromatic N) is 1. The first-order valence-corrected chi connectivity index (χ1v) is 7.36. The Morgan fingerprint density at radius 3 is 2.74 bits per heavy atom. The number of anilines is 1. The minimum absolute atomic E-state index is 0.00568. The van der Waals surface area contributed by atoms with Crippen molar-refractivity contribution in [1.29, 1.82) is 0 Å². The van der Waals surface area contributed by atoms with Gasteiger partial charge in [0.05, 0.1) is 0 Å². The molecule has 0 heterocycles. The Balaban J connectivity index is 1.91. The van der Waals surface area contributed by atoms with Crippen molar-refractivity contribution in [3.63, 3.8) is 0 Å². The van der Waals surface area contributed by atoms with Crippen LogP contribution in [0.25, 0.3) is 0 Å². The number of rotatable bonds is 4. The number of alkyl halides is 3. The van der Waals surface area contributed by atoms with Crippen LogP contribution in [0, 0.1) is 0 Å². The summed E-state index contributed by atoms with van der Waals surface area (Å²) in [5, 5.41) is 4.66. The Kier molecular flexibility index (Phi) is 5.46. The van der Waals surface area contributed by atoms with Gasteiger partial charge in [-0.1, -0.05) is 12.1 Å². The summed E-state index contributed by atoms with van der Waals surface area (Å²) in [5.41, 5.74) is 8.98. The van der Waals surface area contributed by atoms with Gasteiger partial charge in [-0.15, -0.1) is 0 Å². The molecule has 2 rings (SSSR count). The van der Waals surface area contributed by atoms with Gasteiger partial charge in [0, 0.05) is 5.69 Å². The van der Waals surface area contributed by atoms with Crippen LogP contribution in [0.1, 0.15) is 24.0 Å². The number of benzene rings is 1. The van der Waals surface area contributed by atoms with Crippen molar-refractivity contribution < 1.29 is 18.0 Å². The van der Waals surface area contributed by atoms with Gasteiger partial charge in [-0.05, 0) is 42.9 Å². The Bertz CT molecular complexity index is 599. The molecule has 0 spiro atoms. The van der Waals surface area contributed by atoms with Gasteiger partial charge < -0.3 is 16.4 Å². The molecule has 23 heavy (non-hydrogen) atoms. The molecule has 1 aliphatic carbocycles. The first-order valence-electron chi connectivity index (χ1n) is 7.36. The maximum Gasteiger partial charge on any atom is 0.405 e. The number of aliphatic imine (C=N–C) groups is 1. The predicted octanol–water partition coefficient (Wildman–Crippen LogP) is 1.97. The van der Waals surface area contributed by atoms with Gasteiger partial charge in [0.15, 0.2) is 5.96 Å². The summed E-state index contributed by atoms with van der Waals surface area (Å²) in [4.78, 5) is 15.1. The van der Waals surface area contributed by atoms with Gasteiger partial charge in [0.1, 0.15) is 13.1 Å². The standard InChI is InChI=1S/C15H19F3N4O/c16-15(17,18)9-21-13(23)8-20-14(19)22-12-7-3-5-10-4-1-2-6-11(10)12/h3,5,7H,1-2,4,6,8-9H2,(H,21,23)(H3,19,20,22). The first kappa shape index (κ1) is 17.1. The summed E-state index contributed by atoms with van der Waals surface area (Å²) >= 11 is 0. The van der Waals surface area contributed by atoms with E-state index in [2.05, 4.69) is 16.4 Å². The van der Waals surface area contributed by atoms with Crippen LogP contribution in [0.3, 0.4) is 0 Å². The number of hydrogen-bond acceptors (Lipinski definition) is 2. The van der Waals surface area contributed by atoms with Crippen molar-refractivity contribution in [3.8, 4) is 0 Å². The molecule has 0 aliphatic heterocycles. The van der Waals surface area contributed by atoms with E-state index in [1.807, 2.05) is 12.1 Å². The Morgan fingerprint density at radius 1 is 1.26 bits per heavy atom. The summed E-state index contributed by atoms with van der Waals surface area (Å²) in [6.07, 6.45) is -0.228. The van der Waals surface area contributed by atoms with E-state index in [0.717, 1.165) is 31.4 Å². The van der Waals surface area contributed by atoms with Gasteiger partial charge >= 0.3 is 6.18 Å². The SMILES string of the molecule is NC(=NCC(=O)NCC(F)(F)F)Nc1cccc2c1CCCC2. The van der Waals surface area contributed by atoms with Crippen molar-refractivity contribution in [2.45, 2.75) is 31.9 Å². The zero-order valence-corrected chi connectivity index (χ0v) is 12.5. The van der Waals surface area contributed by atoms with Crippen molar-refractivity contribution in [2.24, 2.45) is 10.7 Å². The normalized spacial score (nSPS) is 15.0. The fraction of sp³-hybridized carbons (Fsp3) is 0.467. The highest BCUT2D eigenvalue weighted by atomic mass is 19.4. The van der Waals surface area contributed by atoms with Crippen LogP contribution in [-0.2, 0) is 17.6 Å². The molecular weight excluding hydrogens is 309 g/mol. The molecule has 0 aromatic heterocycles. The van der Waals surface area contributed by atoms with Gasteiger partial charge in [-0.25, -0.2) is 4.99 Å². The Morgan fingerprint density at radius 2 is 2.00 bits per heavy atom. The third-order valence-electron chi connectivity index (χ3n) is 3.54. The lowest BCUT2D eigenvalue weighted by atomic mass is 9.90. The number of fused-ring (bicyclic) bond motifs is 1. The van der Waals surface area contributed by atoms with E-state index in [1.165, 1.54) is 11.1 Å². The van der Waals surface area contributed by atoms with E-state index in [9.17, 15) is 18.0 Å². The lowest BCUT2D eigenvalue weighted by Crippen LogP contribution is -2.36. The maximum atomic E-state index is 12.0. The molecule has 0 saturated heterocycles. The van der Waals surface area contributed by atoms with Crippen molar-refractivity contribution >= 4 is 17.6 Å². The molecule has 4 N–H and O–H groups in total. The highest BCUT2D eigenvalue weighted by Gasteiger charge is 2.27. The molecule has 126 valence electrons. The van der Waals surface area contributed by atoms with Crippen molar-refractivity contribution in [2.75, 3.05) is 18.4 Å².